The van der Waals surface area contributed by atoms with Crippen LogP contribution in [0.2, 0.25) is 0 Å². The summed E-state index contributed by atoms with van der Waals surface area (Å²) in [7, 11) is 2.13. The molecule has 0 aliphatic heterocycles. The first-order valence-electron chi connectivity index (χ1n) is 7.03. The van der Waals surface area contributed by atoms with Crippen LogP contribution in [0.15, 0.2) is 29.6 Å². The molecule has 2 heteroatoms. The lowest BCUT2D eigenvalue weighted by atomic mass is 9.96. The Morgan fingerprint density at radius 2 is 2.00 bits per heavy atom. The second-order valence-corrected chi connectivity index (χ2v) is 6.70. The molecule has 4 rings (SSSR count). The van der Waals surface area contributed by atoms with Gasteiger partial charge in [-0.3, -0.25) is 0 Å². The predicted molar refractivity (Wildman–Crippen MR) is 77.9 cm³/mol. The number of rotatable bonds is 3. The molecule has 0 bridgehead atoms. The average Bonchev–Trinajstić information content (AvgIpc) is 2.83. The van der Waals surface area contributed by atoms with Crippen molar-refractivity contribution in [2.45, 2.75) is 25.3 Å². The van der Waals surface area contributed by atoms with Gasteiger partial charge in [-0.25, -0.2) is 0 Å². The highest BCUT2D eigenvalue weighted by Crippen LogP contribution is 2.62. The summed E-state index contributed by atoms with van der Waals surface area (Å²) >= 11 is 1.89. The molecule has 18 heavy (non-hydrogen) atoms. The van der Waals surface area contributed by atoms with Gasteiger partial charge in [0.2, 0.25) is 0 Å². The Balaban J connectivity index is 1.72. The van der Waals surface area contributed by atoms with Gasteiger partial charge in [-0.05, 0) is 60.0 Å². The van der Waals surface area contributed by atoms with E-state index in [0.717, 1.165) is 17.8 Å². The molecule has 2 aliphatic rings. The Kier molecular flexibility index (Phi) is 2.49. The fraction of sp³-hybridized carbons (Fsp3) is 0.500. The first-order valence-corrected chi connectivity index (χ1v) is 7.91. The summed E-state index contributed by atoms with van der Waals surface area (Å²) in [5, 5.41) is 7.43. The molecule has 94 valence electrons. The minimum absolute atomic E-state index is 0.580. The van der Waals surface area contributed by atoms with Crippen LogP contribution in [0.4, 0.5) is 0 Å². The molecule has 1 nitrogen and oxygen atoms in total. The van der Waals surface area contributed by atoms with E-state index in [1.165, 1.54) is 34.9 Å². The Hall–Kier alpha value is -0.860. The maximum atomic E-state index is 3.59. The SMILES string of the molecule is CNC(c1csc2ccccc12)C1C2CCCC21. The zero-order valence-corrected chi connectivity index (χ0v) is 11.5. The summed E-state index contributed by atoms with van der Waals surface area (Å²) in [5.74, 6) is 2.93. The van der Waals surface area contributed by atoms with Crippen LogP contribution in [-0.2, 0) is 0 Å². The number of hydrogen-bond donors (Lipinski definition) is 1. The Labute approximate surface area is 112 Å². The minimum Gasteiger partial charge on any atom is -0.313 e. The Bertz CT molecular complexity index is 563. The summed E-state index contributed by atoms with van der Waals surface area (Å²) in [6.45, 7) is 0. The van der Waals surface area contributed by atoms with E-state index in [-0.39, 0.29) is 0 Å². The van der Waals surface area contributed by atoms with E-state index in [2.05, 4.69) is 42.0 Å². The molecule has 1 aromatic heterocycles. The number of thiophene rings is 1. The highest BCUT2D eigenvalue weighted by atomic mass is 32.1. The van der Waals surface area contributed by atoms with E-state index in [1.54, 1.807) is 0 Å². The standard InChI is InChI=1S/C16H19NS/c1-17-16(15-11-6-4-7-12(11)15)13-9-18-14-8-3-2-5-10(13)14/h2-3,5,8-9,11-12,15-17H,4,6-7H2,1H3. The summed E-state index contributed by atoms with van der Waals surface area (Å²) in [5.41, 5.74) is 1.54. The third-order valence-corrected chi connectivity index (χ3v) is 6.00. The predicted octanol–water partition coefficient (Wildman–Crippen LogP) is 4.21. The van der Waals surface area contributed by atoms with Gasteiger partial charge in [0.05, 0.1) is 0 Å². The molecule has 3 unspecified atom stereocenters. The summed E-state index contributed by atoms with van der Waals surface area (Å²) in [6, 6.07) is 9.41. The van der Waals surface area contributed by atoms with Crippen LogP contribution >= 0.6 is 11.3 Å². The van der Waals surface area contributed by atoms with Crippen LogP contribution in [0.3, 0.4) is 0 Å². The van der Waals surface area contributed by atoms with E-state index >= 15 is 0 Å². The van der Waals surface area contributed by atoms with E-state index in [9.17, 15) is 0 Å². The monoisotopic (exact) mass is 257 g/mol. The minimum atomic E-state index is 0.580. The Morgan fingerprint density at radius 1 is 1.22 bits per heavy atom. The molecule has 1 heterocycles. The van der Waals surface area contributed by atoms with Gasteiger partial charge in [0.1, 0.15) is 0 Å². The van der Waals surface area contributed by atoms with Crippen molar-refractivity contribution in [2.75, 3.05) is 7.05 Å². The lowest BCUT2D eigenvalue weighted by Gasteiger charge is -2.18. The second-order valence-electron chi connectivity index (χ2n) is 5.79. The maximum Gasteiger partial charge on any atom is 0.0366 e. The number of hydrogen-bond acceptors (Lipinski definition) is 2. The van der Waals surface area contributed by atoms with Crippen molar-refractivity contribution in [2.24, 2.45) is 17.8 Å². The van der Waals surface area contributed by atoms with Gasteiger partial charge < -0.3 is 5.32 Å². The molecule has 2 saturated carbocycles. The Morgan fingerprint density at radius 3 is 2.78 bits per heavy atom. The molecule has 3 atom stereocenters. The topological polar surface area (TPSA) is 12.0 Å². The molecule has 1 N–H and O–H groups in total. The van der Waals surface area contributed by atoms with Crippen molar-refractivity contribution >= 4 is 21.4 Å². The molecular weight excluding hydrogens is 238 g/mol. The molecular formula is C16H19NS. The zero-order valence-electron chi connectivity index (χ0n) is 10.7. The van der Waals surface area contributed by atoms with Crippen LogP contribution in [0.1, 0.15) is 30.9 Å². The lowest BCUT2D eigenvalue weighted by Crippen LogP contribution is -2.20. The van der Waals surface area contributed by atoms with Crippen LogP contribution < -0.4 is 5.32 Å². The van der Waals surface area contributed by atoms with Gasteiger partial charge in [-0.15, -0.1) is 11.3 Å². The number of benzene rings is 1. The summed E-state index contributed by atoms with van der Waals surface area (Å²) in [6.07, 6.45) is 4.40. The van der Waals surface area contributed by atoms with Gasteiger partial charge in [-0.2, -0.15) is 0 Å². The van der Waals surface area contributed by atoms with Gasteiger partial charge in [0.15, 0.2) is 0 Å². The smallest absolute Gasteiger partial charge is 0.0366 e. The van der Waals surface area contributed by atoms with Gasteiger partial charge in [-0.1, -0.05) is 24.6 Å². The normalized spacial score (nSPS) is 31.5. The van der Waals surface area contributed by atoms with E-state index in [4.69, 9.17) is 0 Å². The first-order chi connectivity index (χ1) is 8.90. The number of nitrogens with one attached hydrogen (secondary N) is 1. The average molecular weight is 257 g/mol. The van der Waals surface area contributed by atoms with Gasteiger partial charge in [0.25, 0.3) is 0 Å². The first kappa shape index (κ1) is 11.0. The van der Waals surface area contributed by atoms with Crippen molar-refractivity contribution in [3.63, 3.8) is 0 Å². The maximum absolute atomic E-state index is 3.59. The van der Waals surface area contributed by atoms with E-state index < -0.39 is 0 Å². The highest BCUT2D eigenvalue weighted by molar-refractivity contribution is 7.17. The number of fused-ring (bicyclic) bond motifs is 2. The largest absolute Gasteiger partial charge is 0.313 e. The van der Waals surface area contributed by atoms with Crippen LogP contribution in [-0.4, -0.2) is 7.05 Å². The molecule has 2 aromatic rings. The molecule has 0 radical (unpaired) electrons. The quantitative estimate of drug-likeness (QED) is 0.868. The van der Waals surface area contributed by atoms with Crippen molar-refractivity contribution in [3.05, 3.63) is 35.2 Å². The van der Waals surface area contributed by atoms with Crippen molar-refractivity contribution in [3.8, 4) is 0 Å². The van der Waals surface area contributed by atoms with Crippen LogP contribution in [0.25, 0.3) is 10.1 Å². The summed E-state index contributed by atoms with van der Waals surface area (Å²) in [4.78, 5) is 0. The summed E-state index contributed by atoms with van der Waals surface area (Å²) < 4.78 is 1.43. The van der Waals surface area contributed by atoms with Crippen LogP contribution in [0.5, 0.6) is 0 Å². The molecule has 2 aliphatic carbocycles. The molecule has 2 fully saturated rings. The fourth-order valence-electron chi connectivity index (χ4n) is 4.17. The van der Waals surface area contributed by atoms with Crippen LogP contribution in [0, 0.1) is 17.8 Å². The lowest BCUT2D eigenvalue weighted by molar-refractivity contribution is 0.447. The van der Waals surface area contributed by atoms with Crippen molar-refractivity contribution in [1.82, 2.24) is 5.32 Å². The molecule has 0 spiro atoms. The zero-order chi connectivity index (χ0) is 12.1. The van der Waals surface area contributed by atoms with Crippen molar-refractivity contribution in [1.29, 1.82) is 0 Å². The molecule has 0 amide bonds. The van der Waals surface area contributed by atoms with Gasteiger partial charge >= 0.3 is 0 Å². The van der Waals surface area contributed by atoms with Gasteiger partial charge in [0, 0.05) is 10.7 Å². The third kappa shape index (κ3) is 1.49. The fourth-order valence-corrected chi connectivity index (χ4v) is 5.16. The van der Waals surface area contributed by atoms with Crippen molar-refractivity contribution < 1.29 is 0 Å². The second kappa shape index (κ2) is 4.07. The molecule has 0 saturated heterocycles. The highest BCUT2D eigenvalue weighted by Gasteiger charge is 2.55. The third-order valence-electron chi connectivity index (χ3n) is 5.01. The molecule has 1 aromatic carbocycles. The van der Waals surface area contributed by atoms with E-state index in [1.807, 2.05) is 11.3 Å². The van der Waals surface area contributed by atoms with E-state index in [0.29, 0.717) is 6.04 Å².